The quantitative estimate of drug-likeness (QED) is 0.551. The summed E-state index contributed by atoms with van der Waals surface area (Å²) in [5.74, 6) is 0.318. The van der Waals surface area contributed by atoms with E-state index in [0.717, 1.165) is 4.90 Å². The molecule has 62 valence electrons. The van der Waals surface area contributed by atoms with Crippen LogP contribution in [0.1, 0.15) is 0 Å². The predicted molar refractivity (Wildman–Crippen MR) is 41.1 cm³/mol. The Morgan fingerprint density at radius 3 is 2.36 bits per heavy atom. The Kier molecular flexibility index (Phi) is 2.90. The van der Waals surface area contributed by atoms with Gasteiger partial charge in [-0.3, -0.25) is 14.5 Å². The molecule has 0 spiro atoms. The molecule has 11 heavy (non-hydrogen) atoms. The van der Waals surface area contributed by atoms with E-state index in [4.69, 9.17) is 5.11 Å². The van der Waals surface area contributed by atoms with Gasteiger partial charge in [-0.15, -0.1) is 11.8 Å². The molecule has 0 unspecified atom stereocenters. The van der Waals surface area contributed by atoms with Crippen molar-refractivity contribution in [3.05, 3.63) is 0 Å². The van der Waals surface area contributed by atoms with Gasteiger partial charge in [-0.1, -0.05) is 0 Å². The standard InChI is InChI=1S/C6H9NO3S/c8-2-1-7-5(9)3-11-4-6(7)10/h8H,1-4H2. The molecule has 0 aromatic heterocycles. The molecule has 1 heterocycles. The second kappa shape index (κ2) is 3.73. The first-order valence-corrected chi connectivity index (χ1v) is 4.43. The van der Waals surface area contributed by atoms with Crippen molar-refractivity contribution >= 4 is 23.6 Å². The third-order valence-electron chi connectivity index (χ3n) is 1.38. The third-order valence-corrected chi connectivity index (χ3v) is 2.28. The van der Waals surface area contributed by atoms with Crippen molar-refractivity contribution in [2.45, 2.75) is 0 Å². The van der Waals surface area contributed by atoms with Crippen molar-refractivity contribution < 1.29 is 14.7 Å². The van der Waals surface area contributed by atoms with E-state index in [9.17, 15) is 9.59 Å². The predicted octanol–water partition coefficient (Wildman–Crippen LogP) is -0.919. The highest BCUT2D eigenvalue weighted by Gasteiger charge is 2.25. The van der Waals surface area contributed by atoms with Crippen molar-refractivity contribution in [1.29, 1.82) is 0 Å². The van der Waals surface area contributed by atoms with Crippen LogP contribution in [0.2, 0.25) is 0 Å². The SMILES string of the molecule is O=C1CSCC(=O)N1CCO. The Balaban J connectivity index is 2.55. The average Bonchev–Trinajstić information content (AvgIpc) is 1.97. The molecule has 0 radical (unpaired) electrons. The van der Waals surface area contributed by atoms with Crippen LogP contribution in [0.5, 0.6) is 0 Å². The summed E-state index contributed by atoms with van der Waals surface area (Å²) >= 11 is 1.32. The molecular formula is C6H9NO3S. The Labute approximate surface area is 68.6 Å². The number of nitrogens with zero attached hydrogens (tertiary/aromatic N) is 1. The fraction of sp³-hybridized carbons (Fsp3) is 0.667. The molecule has 1 aliphatic rings. The molecule has 0 aliphatic carbocycles. The molecule has 0 aromatic rings. The monoisotopic (exact) mass is 175 g/mol. The largest absolute Gasteiger partial charge is 0.395 e. The van der Waals surface area contributed by atoms with Gasteiger partial charge in [0.25, 0.3) is 0 Å². The second-order valence-electron chi connectivity index (χ2n) is 2.16. The summed E-state index contributed by atoms with van der Waals surface area (Å²) in [5, 5.41) is 8.50. The van der Waals surface area contributed by atoms with Crippen molar-refractivity contribution in [2.75, 3.05) is 24.7 Å². The van der Waals surface area contributed by atoms with Gasteiger partial charge in [-0.05, 0) is 0 Å². The fourth-order valence-corrected chi connectivity index (χ4v) is 1.63. The second-order valence-corrected chi connectivity index (χ2v) is 3.14. The van der Waals surface area contributed by atoms with E-state index >= 15 is 0 Å². The zero-order chi connectivity index (χ0) is 8.27. The first-order valence-electron chi connectivity index (χ1n) is 3.27. The summed E-state index contributed by atoms with van der Waals surface area (Å²) < 4.78 is 0. The number of aliphatic hydroxyl groups excluding tert-OH is 1. The summed E-state index contributed by atoms with van der Waals surface area (Å²) in [6, 6.07) is 0. The van der Waals surface area contributed by atoms with Crippen molar-refractivity contribution in [3.63, 3.8) is 0 Å². The van der Waals surface area contributed by atoms with Crippen molar-refractivity contribution in [2.24, 2.45) is 0 Å². The highest BCUT2D eigenvalue weighted by Crippen LogP contribution is 2.11. The number of hydrogen-bond acceptors (Lipinski definition) is 4. The minimum Gasteiger partial charge on any atom is -0.395 e. The normalized spacial score (nSPS) is 19.2. The van der Waals surface area contributed by atoms with Gasteiger partial charge in [0.15, 0.2) is 0 Å². The van der Waals surface area contributed by atoms with Gasteiger partial charge in [0.1, 0.15) is 0 Å². The van der Waals surface area contributed by atoms with Gasteiger partial charge in [0.05, 0.1) is 24.7 Å². The molecule has 1 saturated heterocycles. The van der Waals surface area contributed by atoms with Gasteiger partial charge in [0.2, 0.25) is 11.8 Å². The number of amides is 2. The highest BCUT2D eigenvalue weighted by atomic mass is 32.2. The number of carbonyl (C=O) groups excluding carboxylic acids is 2. The number of β-amino-alcohol motifs (C(OH)–C–C–N with tert-alkyl or cyclic N) is 1. The lowest BCUT2D eigenvalue weighted by molar-refractivity contribution is -0.142. The van der Waals surface area contributed by atoms with Crippen LogP contribution in [0.4, 0.5) is 0 Å². The smallest absolute Gasteiger partial charge is 0.239 e. The summed E-state index contributed by atoms with van der Waals surface area (Å²) in [6.45, 7) is -0.0135. The first kappa shape index (κ1) is 8.55. The zero-order valence-electron chi connectivity index (χ0n) is 5.95. The number of carbonyl (C=O) groups is 2. The molecule has 1 N–H and O–H groups in total. The maximum atomic E-state index is 11.0. The van der Waals surface area contributed by atoms with Crippen LogP contribution >= 0.6 is 11.8 Å². The van der Waals surface area contributed by atoms with E-state index in [-0.39, 0.29) is 25.0 Å². The molecule has 5 heteroatoms. The van der Waals surface area contributed by atoms with Crippen LogP contribution < -0.4 is 0 Å². The molecular weight excluding hydrogens is 166 g/mol. The zero-order valence-corrected chi connectivity index (χ0v) is 6.76. The minimum absolute atomic E-state index is 0.137. The number of imide groups is 1. The number of rotatable bonds is 2. The highest BCUT2D eigenvalue weighted by molar-refractivity contribution is 8.00. The molecule has 1 fully saturated rings. The Morgan fingerprint density at radius 2 is 1.91 bits per heavy atom. The van der Waals surface area contributed by atoms with Crippen molar-refractivity contribution in [1.82, 2.24) is 4.90 Å². The molecule has 1 aliphatic heterocycles. The van der Waals surface area contributed by atoms with Gasteiger partial charge in [-0.2, -0.15) is 0 Å². The topological polar surface area (TPSA) is 57.6 Å². The van der Waals surface area contributed by atoms with E-state index in [1.54, 1.807) is 0 Å². The summed E-state index contributed by atoms with van der Waals surface area (Å²) in [4.78, 5) is 23.0. The summed E-state index contributed by atoms with van der Waals surface area (Å²) in [7, 11) is 0. The first-order chi connectivity index (χ1) is 5.25. The number of hydrogen-bond donors (Lipinski definition) is 1. The van der Waals surface area contributed by atoms with Crippen LogP contribution in [0.15, 0.2) is 0 Å². The molecule has 0 aromatic carbocycles. The maximum absolute atomic E-state index is 11.0. The molecule has 2 amide bonds. The number of aliphatic hydroxyl groups is 1. The maximum Gasteiger partial charge on any atom is 0.239 e. The molecule has 0 atom stereocenters. The number of thioether (sulfide) groups is 1. The summed E-state index contributed by atoms with van der Waals surface area (Å²) in [6.07, 6.45) is 0. The third kappa shape index (κ3) is 1.94. The van der Waals surface area contributed by atoms with E-state index in [1.165, 1.54) is 11.8 Å². The van der Waals surface area contributed by atoms with Crippen LogP contribution in [-0.4, -0.2) is 46.5 Å². The van der Waals surface area contributed by atoms with E-state index in [1.807, 2.05) is 0 Å². The molecule has 0 bridgehead atoms. The van der Waals surface area contributed by atoms with Gasteiger partial charge >= 0.3 is 0 Å². The molecule has 4 nitrogen and oxygen atoms in total. The van der Waals surface area contributed by atoms with Crippen LogP contribution in [-0.2, 0) is 9.59 Å². The Morgan fingerprint density at radius 1 is 1.36 bits per heavy atom. The molecule has 0 saturated carbocycles. The minimum atomic E-state index is -0.194. The fourth-order valence-electron chi connectivity index (χ4n) is 0.870. The average molecular weight is 175 g/mol. The van der Waals surface area contributed by atoms with Gasteiger partial charge < -0.3 is 5.11 Å². The van der Waals surface area contributed by atoms with E-state index < -0.39 is 0 Å². The van der Waals surface area contributed by atoms with Crippen LogP contribution in [0.3, 0.4) is 0 Å². The van der Waals surface area contributed by atoms with Crippen LogP contribution in [0.25, 0.3) is 0 Å². The van der Waals surface area contributed by atoms with E-state index in [2.05, 4.69) is 0 Å². The lowest BCUT2D eigenvalue weighted by atomic mass is 10.4. The van der Waals surface area contributed by atoms with Gasteiger partial charge in [-0.25, -0.2) is 0 Å². The lowest BCUT2D eigenvalue weighted by Crippen LogP contribution is -2.44. The molecule has 1 rings (SSSR count). The van der Waals surface area contributed by atoms with Crippen molar-refractivity contribution in [3.8, 4) is 0 Å². The van der Waals surface area contributed by atoms with Gasteiger partial charge in [0, 0.05) is 0 Å². The Hall–Kier alpha value is -0.550. The lowest BCUT2D eigenvalue weighted by Gasteiger charge is -2.23. The van der Waals surface area contributed by atoms with Crippen LogP contribution in [0, 0.1) is 0 Å². The van der Waals surface area contributed by atoms with E-state index in [0.29, 0.717) is 11.5 Å². The summed E-state index contributed by atoms with van der Waals surface area (Å²) in [5.41, 5.74) is 0. The Bertz CT molecular complexity index is 167.